The molecule has 0 radical (unpaired) electrons. The van der Waals surface area contributed by atoms with Crippen molar-refractivity contribution in [2.75, 3.05) is 0 Å². The Morgan fingerprint density at radius 1 is 1.27 bits per heavy atom. The van der Waals surface area contributed by atoms with E-state index < -0.39 is 0 Å². The smallest absolute Gasteiger partial charge is 0.159 e. The van der Waals surface area contributed by atoms with Gasteiger partial charge >= 0.3 is 0 Å². The summed E-state index contributed by atoms with van der Waals surface area (Å²) in [7, 11) is 0. The van der Waals surface area contributed by atoms with Gasteiger partial charge in [0.15, 0.2) is 5.78 Å². The molecule has 0 saturated heterocycles. The molecule has 0 aliphatic carbocycles. The summed E-state index contributed by atoms with van der Waals surface area (Å²) in [5.41, 5.74) is 0.623. The van der Waals surface area contributed by atoms with Gasteiger partial charge in [-0.15, -0.1) is 0 Å². The van der Waals surface area contributed by atoms with E-state index in [1.54, 1.807) is 12.1 Å². The van der Waals surface area contributed by atoms with Crippen LogP contribution in [0.4, 0.5) is 0 Å². The molecule has 0 spiro atoms. The van der Waals surface area contributed by atoms with Crippen molar-refractivity contribution < 1.29 is 15.4 Å². The Morgan fingerprint density at radius 3 is 2.09 bits per heavy atom. The van der Waals surface area contributed by atoms with Gasteiger partial charge < -0.3 is 10.6 Å². The Kier molecular flexibility index (Phi) is 3.27. The maximum atomic E-state index is 10.7. The fourth-order valence-electron chi connectivity index (χ4n) is 0.696. The first kappa shape index (κ1) is 9.65. The lowest BCUT2D eigenvalue weighted by molar-refractivity contribution is 0.101. The van der Waals surface area contributed by atoms with Crippen molar-refractivity contribution in [3.8, 4) is 5.75 Å². The molecule has 0 fully saturated rings. The molecule has 0 aliphatic rings. The van der Waals surface area contributed by atoms with E-state index >= 15 is 0 Å². The van der Waals surface area contributed by atoms with E-state index in [2.05, 4.69) is 0 Å². The van der Waals surface area contributed by atoms with Crippen LogP contribution in [0, 0.1) is 0 Å². The van der Waals surface area contributed by atoms with Gasteiger partial charge in [-0.1, -0.05) is 0 Å². The molecular formula is C8H10O3. The minimum atomic E-state index is 0. The largest absolute Gasteiger partial charge is 0.508 e. The average Bonchev–Trinajstić information content (AvgIpc) is 1.88. The molecule has 3 heteroatoms. The number of ketones is 1. The van der Waals surface area contributed by atoms with Gasteiger partial charge in [0.1, 0.15) is 5.75 Å². The SMILES string of the molecule is CC(=O)c1ccc(O)cc1.O. The molecule has 1 aromatic rings. The summed E-state index contributed by atoms with van der Waals surface area (Å²) in [5.74, 6) is 0.199. The number of aromatic hydroxyl groups is 1. The monoisotopic (exact) mass is 154 g/mol. The second kappa shape index (κ2) is 3.73. The van der Waals surface area contributed by atoms with E-state index in [0.29, 0.717) is 5.56 Å². The van der Waals surface area contributed by atoms with Crippen molar-refractivity contribution in [2.45, 2.75) is 6.92 Å². The van der Waals surface area contributed by atoms with Gasteiger partial charge in [-0.25, -0.2) is 0 Å². The standard InChI is InChI=1S/C8H8O2.H2O/c1-6(9)7-2-4-8(10)5-3-7;/h2-5,10H,1H3;1H2. The summed E-state index contributed by atoms with van der Waals surface area (Å²) < 4.78 is 0. The fraction of sp³-hybridized carbons (Fsp3) is 0.125. The number of phenolic OH excluding ortho intramolecular Hbond substituents is 1. The minimum absolute atomic E-state index is 0. The van der Waals surface area contributed by atoms with Gasteiger partial charge in [-0.2, -0.15) is 0 Å². The van der Waals surface area contributed by atoms with Crippen molar-refractivity contribution in [3.63, 3.8) is 0 Å². The maximum Gasteiger partial charge on any atom is 0.159 e. The molecule has 0 aliphatic heterocycles. The number of Topliss-reactive ketones (excluding diaryl/α,β-unsaturated/α-hetero) is 1. The summed E-state index contributed by atoms with van der Waals surface area (Å²) in [6.07, 6.45) is 0. The number of benzene rings is 1. The van der Waals surface area contributed by atoms with Crippen molar-refractivity contribution >= 4 is 5.78 Å². The molecule has 3 N–H and O–H groups in total. The molecule has 0 heterocycles. The molecule has 0 aromatic heterocycles. The zero-order chi connectivity index (χ0) is 7.56. The Labute approximate surface area is 64.6 Å². The minimum Gasteiger partial charge on any atom is -0.508 e. The summed E-state index contributed by atoms with van der Waals surface area (Å²) in [4.78, 5) is 10.7. The van der Waals surface area contributed by atoms with E-state index in [9.17, 15) is 4.79 Å². The van der Waals surface area contributed by atoms with Gasteiger partial charge in [0.2, 0.25) is 0 Å². The third kappa shape index (κ3) is 2.39. The van der Waals surface area contributed by atoms with Gasteiger partial charge in [0.05, 0.1) is 0 Å². The summed E-state index contributed by atoms with van der Waals surface area (Å²) in [6.45, 7) is 1.49. The first-order valence-electron chi connectivity index (χ1n) is 3.00. The highest BCUT2D eigenvalue weighted by Crippen LogP contribution is 2.09. The molecule has 0 atom stereocenters. The van der Waals surface area contributed by atoms with Crippen molar-refractivity contribution in [1.82, 2.24) is 0 Å². The van der Waals surface area contributed by atoms with Crippen LogP contribution in [0.15, 0.2) is 24.3 Å². The van der Waals surface area contributed by atoms with Crippen LogP contribution in [0.5, 0.6) is 5.75 Å². The van der Waals surface area contributed by atoms with Gasteiger partial charge in [-0.3, -0.25) is 4.79 Å². The summed E-state index contributed by atoms with van der Waals surface area (Å²) >= 11 is 0. The van der Waals surface area contributed by atoms with Crippen LogP contribution in [0.3, 0.4) is 0 Å². The van der Waals surface area contributed by atoms with Crippen molar-refractivity contribution in [2.24, 2.45) is 0 Å². The molecule has 0 amide bonds. The number of carbonyl (C=O) groups is 1. The number of hydrogen-bond donors (Lipinski definition) is 1. The topological polar surface area (TPSA) is 68.8 Å². The Morgan fingerprint density at radius 2 is 1.73 bits per heavy atom. The van der Waals surface area contributed by atoms with Gasteiger partial charge in [0.25, 0.3) is 0 Å². The Balaban J connectivity index is 0.000001000. The lowest BCUT2D eigenvalue weighted by Gasteiger charge is -1.93. The van der Waals surface area contributed by atoms with Crippen molar-refractivity contribution in [3.05, 3.63) is 29.8 Å². The maximum absolute atomic E-state index is 10.7. The lowest BCUT2D eigenvalue weighted by atomic mass is 10.1. The zero-order valence-electron chi connectivity index (χ0n) is 6.16. The lowest BCUT2D eigenvalue weighted by Crippen LogP contribution is -1.89. The van der Waals surface area contributed by atoms with Gasteiger partial charge in [0, 0.05) is 5.56 Å². The molecule has 1 rings (SSSR count). The first-order valence-corrected chi connectivity index (χ1v) is 3.00. The quantitative estimate of drug-likeness (QED) is 0.607. The van der Waals surface area contributed by atoms with Crippen LogP contribution < -0.4 is 0 Å². The van der Waals surface area contributed by atoms with Crippen LogP contribution in [0.1, 0.15) is 17.3 Å². The molecule has 60 valence electrons. The number of rotatable bonds is 1. The molecule has 11 heavy (non-hydrogen) atoms. The highest BCUT2D eigenvalue weighted by molar-refractivity contribution is 5.94. The van der Waals surface area contributed by atoms with E-state index in [0.717, 1.165) is 0 Å². The van der Waals surface area contributed by atoms with E-state index in [-0.39, 0.29) is 17.0 Å². The predicted molar refractivity (Wildman–Crippen MR) is 41.7 cm³/mol. The van der Waals surface area contributed by atoms with Gasteiger partial charge in [-0.05, 0) is 31.2 Å². The fourth-order valence-corrected chi connectivity index (χ4v) is 0.696. The normalized spacial score (nSPS) is 8.45. The molecule has 3 nitrogen and oxygen atoms in total. The second-order valence-corrected chi connectivity index (χ2v) is 2.10. The van der Waals surface area contributed by atoms with E-state index in [1.807, 2.05) is 0 Å². The van der Waals surface area contributed by atoms with Crippen LogP contribution >= 0.6 is 0 Å². The number of phenols is 1. The molecule has 0 saturated carbocycles. The highest BCUT2D eigenvalue weighted by atomic mass is 16.3. The Hall–Kier alpha value is -1.35. The molecule has 0 bridgehead atoms. The first-order chi connectivity index (χ1) is 4.70. The van der Waals surface area contributed by atoms with Crippen LogP contribution in [-0.2, 0) is 0 Å². The number of carbonyl (C=O) groups excluding carboxylic acids is 1. The third-order valence-electron chi connectivity index (χ3n) is 1.27. The molecule has 1 aromatic carbocycles. The Bertz CT molecular complexity index is 238. The zero-order valence-corrected chi connectivity index (χ0v) is 6.16. The molecular weight excluding hydrogens is 144 g/mol. The van der Waals surface area contributed by atoms with Crippen LogP contribution in [-0.4, -0.2) is 16.4 Å². The predicted octanol–water partition coefficient (Wildman–Crippen LogP) is 0.770. The van der Waals surface area contributed by atoms with Crippen LogP contribution in [0.25, 0.3) is 0 Å². The van der Waals surface area contributed by atoms with E-state index in [1.165, 1.54) is 19.1 Å². The van der Waals surface area contributed by atoms with E-state index in [4.69, 9.17) is 5.11 Å². The molecule has 0 unspecified atom stereocenters. The summed E-state index contributed by atoms with van der Waals surface area (Å²) in [5, 5.41) is 8.83. The van der Waals surface area contributed by atoms with Crippen LogP contribution in [0.2, 0.25) is 0 Å². The second-order valence-electron chi connectivity index (χ2n) is 2.10. The third-order valence-corrected chi connectivity index (χ3v) is 1.27. The number of hydrogen-bond acceptors (Lipinski definition) is 2. The summed E-state index contributed by atoms with van der Waals surface area (Å²) in [6, 6.07) is 6.18. The highest BCUT2D eigenvalue weighted by Gasteiger charge is 1.96. The van der Waals surface area contributed by atoms with Crippen molar-refractivity contribution in [1.29, 1.82) is 0 Å². The average molecular weight is 154 g/mol.